The number of unbranched alkanes of at least 4 members (excludes halogenated alkanes) is 4. The van der Waals surface area contributed by atoms with Gasteiger partial charge in [0.1, 0.15) is 17.7 Å². The normalized spacial score (nSPS) is 13.0. The maximum Gasteiger partial charge on any atom is 0.408 e. The highest BCUT2D eigenvalue weighted by Crippen LogP contribution is 2.26. The van der Waals surface area contributed by atoms with E-state index in [1.807, 2.05) is 38.1 Å². The Balaban J connectivity index is 3.47. The van der Waals surface area contributed by atoms with E-state index in [-0.39, 0.29) is 17.7 Å². The molecule has 0 aliphatic rings. The molecule has 0 fully saturated rings. The summed E-state index contributed by atoms with van der Waals surface area (Å²) >= 11 is 0. The van der Waals surface area contributed by atoms with Crippen molar-refractivity contribution in [2.45, 2.75) is 105 Å². The van der Waals surface area contributed by atoms with Crippen LogP contribution in [0.1, 0.15) is 104 Å². The average molecular weight is 516 g/mol. The number of nitrogens with zero attached hydrogens (tertiary/aromatic N) is 1. The Morgan fingerprint density at radius 2 is 1.73 bits per heavy atom. The molecule has 0 bridgehead atoms. The zero-order valence-electron chi connectivity index (χ0n) is 24.1. The molecule has 1 rings (SSSR count). The minimum absolute atomic E-state index is 0.207. The third-order valence-corrected chi connectivity index (χ3v) is 5.99. The standard InChI is InChI=1S/C30H49N3O4/c1-9-12-14-15-20-33(28(35)25(22(4)5)32-29(36)37-30(6,7)8)26(27(34)31-19-13-10-2)24-18-16-17-23(11-3)21-24/h11,16-18,21-22,25-26H,3,9-10,12-15,19-20H2,1-2,4-8H3,(H,31,34)(H,32,36). The van der Waals surface area contributed by atoms with Crippen molar-refractivity contribution >= 4 is 24.0 Å². The van der Waals surface area contributed by atoms with Crippen LogP contribution in [0.5, 0.6) is 0 Å². The van der Waals surface area contributed by atoms with Crippen molar-refractivity contribution in [1.29, 1.82) is 0 Å². The molecule has 0 aromatic heterocycles. The summed E-state index contributed by atoms with van der Waals surface area (Å²) < 4.78 is 5.44. The molecule has 2 unspecified atom stereocenters. The molecule has 2 atom stereocenters. The largest absolute Gasteiger partial charge is 0.444 e. The second kappa shape index (κ2) is 16.1. The number of rotatable bonds is 15. The van der Waals surface area contributed by atoms with Crippen LogP contribution < -0.4 is 10.6 Å². The van der Waals surface area contributed by atoms with Gasteiger partial charge in [-0.05, 0) is 56.7 Å². The molecule has 0 saturated carbocycles. The van der Waals surface area contributed by atoms with Crippen LogP contribution in [0, 0.1) is 5.92 Å². The van der Waals surface area contributed by atoms with E-state index in [1.54, 1.807) is 31.7 Å². The molecule has 208 valence electrons. The van der Waals surface area contributed by atoms with Crippen molar-refractivity contribution in [2.75, 3.05) is 13.1 Å². The Morgan fingerprint density at radius 1 is 1.05 bits per heavy atom. The number of hydrogen-bond donors (Lipinski definition) is 2. The number of benzene rings is 1. The third kappa shape index (κ3) is 11.4. The summed E-state index contributed by atoms with van der Waals surface area (Å²) in [4.78, 5) is 42.0. The number of nitrogens with one attached hydrogen (secondary N) is 2. The number of ether oxygens (including phenoxy) is 1. The third-order valence-electron chi connectivity index (χ3n) is 5.99. The van der Waals surface area contributed by atoms with E-state index in [1.165, 1.54) is 0 Å². The van der Waals surface area contributed by atoms with Gasteiger partial charge in [0, 0.05) is 13.1 Å². The molecule has 0 heterocycles. The first-order valence-electron chi connectivity index (χ1n) is 13.7. The van der Waals surface area contributed by atoms with Crippen LogP contribution in [0.4, 0.5) is 4.79 Å². The van der Waals surface area contributed by atoms with Gasteiger partial charge in [0.2, 0.25) is 11.8 Å². The Morgan fingerprint density at radius 3 is 2.30 bits per heavy atom. The highest BCUT2D eigenvalue weighted by Gasteiger charge is 2.37. The lowest BCUT2D eigenvalue weighted by Gasteiger charge is -2.35. The summed E-state index contributed by atoms with van der Waals surface area (Å²) in [5, 5.41) is 5.80. The van der Waals surface area contributed by atoms with Crippen LogP contribution in [0.15, 0.2) is 30.8 Å². The van der Waals surface area contributed by atoms with Crippen LogP contribution in [0.3, 0.4) is 0 Å². The molecule has 0 aliphatic heterocycles. The Kier molecular flexibility index (Phi) is 14.0. The lowest BCUT2D eigenvalue weighted by Crippen LogP contribution is -2.55. The summed E-state index contributed by atoms with van der Waals surface area (Å²) in [6.07, 6.45) is 6.69. The summed E-state index contributed by atoms with van der Waals surface area (Å²) in [5.74, 6) is -0.725. The molecular formula is C30H49N3O4. The van der Waals surface area contributed by atoms with Gasteiger partial charge in [-0.2, -0.15) is 0 Å². The quantitative estimate of drug-likeness (QED) is 0.271. The van der Waals surface area contributed by atoms with Crippen LogP contribution in [0.25, 0.3) is 6.08 Å². The molecule has 1 aromatic carbocycles. The molecule has 0 radical (unpaired) electrons. The zero-order valence-corrected chi connectivity index (χ0v) is 24.1. The van der Waals surface area contributed by atoms with Gasteiger partial charge in [0.15, 0.2) is 0 Å². The van der Waals surface area contributed by atoms with Gasteiger partial charge in [-0.1, -0.05) is 84.2 Å². The molecule has 0 aliphatic carbocycles. The number of hydrogen-bond acceptors (Lipinski definition) is 4. The number of carbonyl (C=O) groups is 3. The highest BCUT2D eigenvalue weighted by molar-refractivity contribution is 5.92. The van der Waals surface area contributed by atoms with E-state index in [9.17, 15) is 14.4 Å². The Labute approximate surface area is 224 Å². The van der Waals surface area contributed by atoms with Crippen LogP contribution in [0.2, 0.25) is 0 Å². The number of alkyl carbamates (subject to hydrolysis) is 1. The van der Waals surface area contributed by atoms with Crippen LogP contribution in [-0.4, -0.2) is 47.5 Å². The molecular weight excluding hydrogens is 466 g/mol. The van der Waals surface area contributed by atoms with E-state index in [0.29, 0.717) is 13.1 Å². The average Bonchev–Trinajstić information content (AvgIpc) is 2.83. The van der Waals surface area contributed by atoms with Gasteiger partial charge in [-0.25, -0.2) is 4.79 Å². The fourth-order valence-corrected chi connectivity index (χ4v) is 4.02. The van der Waals surface area contributed by atoms with E-state index >= 15 is 0 Å². The van der Waals surface area contributed by atoms with Gasteiger partial charge in [-0.15, -0.1) is 0 Å². The predicted molar refractivity (Wildman–Crippen MR) is 151 cm³/mol. The SMILES string of the molecule is C=Cc1cccc(C(C(=O)NCCCC)N(CCCCCC)C(=O)C(NC(=O)OC(C)(C)C)C(C)C)c1. The summed E-state index contributed by atoms with van der Waals surface area (Å²) in [6.45, 7) is 18.1. The lowest BCUT2D eigenvalue weighted by atomic mass is 9.97. The Bertz CT molecular complexity index is 876. The molecule has 3 amide bonds. The monoisotopic (exact) mass is 515 g/mol. The first-order chi connectivity index (χ1) is 17.4. The van der Waals surface area contributed by atoms with Crippen LogP contribution in [-0.2, 0) is 14.3 Å². The van der Waals surface area contributed by atoms with Crippen molar-refractivity contribution in [3.8, 4) is 0 Å². The van der Waals surface area contributed by atoms with E-state index in [2.05, 4.69) is 31.1 Å². The number of carbonyl (C=O) groups excluding carboxylic acids is 3. The molecule has 37 heavy (non-hydrogen) atoms. The van der Waals surface area contributed by atoms with Gasteiger partial charge in [-0.3, -0.25) is 9.59 Å². The zero-order chi connectivity index (χ0) is 28.0. The second-order valence-corrected chi connectivity index (χ2v) is 10.9. The van der Waals surface area contributed by atoms with Gasteiger partial charge in [0.05, 0.1) is 0 Å². The first kappa shape index (κ1) is 32.2. The number of amides is 3. The molecule has 0 saturated heterocycles. The van der Waals surface area contributed by atoms with E-state index in [0.717, 1.165) is 49.7 Å². The maximum atomic E-state index is 14.1. The fourth-order valence-electron chi connectivity index (χ4n) is 4.02. The highest BCUT2D eigenvalue weighted by atomic mass is 16.6. The van der Waals surface area contributed by atoms with Gasteiger partial charge in [0.25, 0.3) is 0 Å². The summed E-state index contributed by atoms with van der Waals surface area (Å²) in [6, 6.07) is 5.89. The minimum Gasteiger partial charge on any atom is -0.444 e. The summed E-state index contributed by atoms with van der Waals surface area (Å²) in [7, 11) is 0. The molecule has 2 N–H and O–H groups in total. The van der Waals surface area contributed by atoms with Crippen LogP contribution >= 0.6 is 0 Å². The van der Waals surface area contributed by atoms with Crippen molar-refractivity contribution < 1.29 is 19.1 Å². The van der Waals surface area contributed by atoms with Gasteiger partial charge >= 0.3 is 6.09 Å². The second-order valence-electron chi connectivity index (χ2n) is 10.9. The fraction of sp³-hybridized carbons (Fsp3) is 0.633. The molecule has 1 aromatic rings. The minimum atomic E-state index is -0.838. The molecule has 0 spiro atoms. The van der Waals surface area contributed by atoms with Crippen molar-refractivity contribution in [1.82, 2.24) is 15.5 Å². The van der Waals surface area contributed by atoms with E-state index < -0.39 is 23.8 Å². The summed E-state index contributed by atoms with van der Waals surface area (Å²) in [5.41, 5.74) is 0.894. The predicted octanol–water partition coefficient (Wildman–Crippen LogP) is 6.25. The van der Waals surface area contributed by atoms with Crippen molar-refractivity contribution in [3.63, 3.8) is 0 Å². The molecule has 7 heteroatoms. The molecule has 7 nitrogen and oxygen atoms in total. The first-order valence-corrected chi connectivity index (χ1v) is 13.7. The smallest absolute Gasteiger partial charge is 0.408 e. The maximum absolute atomic E-state index is 14.1. The van der Waals surface area contributed by atoms with Crippen molar-refractivity contribution in [3.05, 3.63) is 42.0 Å². The topological polar surface area (TPSA) is 87.7 Å². The van der Waals surface area contributed by atoms with Gasteiger partial charge < -0.3 is 20.3 Å². The van der Waals surface area contributed by atoms with E-state index in [4.69, 9.17) is 4.74 Å². The van der Waals surface area contributed by atoms with Crippen molar-refractivity contribution in [2.24, 2.45) is 5.92 Å². The lowest BCUT2D eigenvalue weighted by molar-refractivity contribution is -0.143. The Hall–Kier alpha value is -2.83.